The van der Waals surface area contributed by atoms with Crippen LogP contribution in [0.5, 0.6) is 0 Å². The summed E-state index contributed by atoms with van der Waals surface area (Å²) in [5.41, 5.74) is 0.0337. The van der Waals surface area contributed by atoms with Crippen molar-refractivity contribution in [3.05, 3.63) is 73.7 Å². The first kappa shape index (κ1) is 29.8. The first-order chi connectivity index (χ1) is 16.5. The second-order valence-corrected chi connectivity index (χ2v) is 9.04. The van der Waals surface area contributed by atoms with Crippen LogP contribution in [0.2, 0.25) is 15.1 Å². The van der Waals surface area contributed by atoms with Gasteiger partial charge in [0, 0.05) is 18.1 Å². The summed E-state index contributed by atoms with van der Waals surface area (Å²) in [6.07, 6.45) is -3.91. The Hall–Kier alpha value is -2.43. The zero-order valence-electron chi connectivity index (χ0n) is 18.7. The highest BCUT2D eigenvalue weighted by atomic mass is 35.5. The van der Waals surface area contributed by atoms with Crippen LogP contribution >= 0.6 is 34.8 Å². The molecule has 2 aromatic rings. The normalized spacial score (nSPS) is 13.4. The molecule has 2 rings (SSSR count). The van der Waals surface area contributed by atoms with E-state index in [2.05, 4.69) is 5.32 Å². The highest BCUT2D eigenvalue weighted by Crippen LogP contribution is 2.41. The standard InChI is InChI=1S/C23H19Cl3F6N2O2/c1-11-5-12(3-4-14(11)21(36)33-9-19(35)34-10-23(30,31)32)18(27)8-15(22(2,28)29)13-6-16(24)20(26)17(25)7-13/h3-8,15H,9-10H2,1-2H3,(H,33,36)(H,34,35)/b18-8-. The topological polar surface area (TPSA) is 58.2 Å². The van der Waals surface area contributed by atoms with Gasteiger partial charge in [-0.15, -0.1) is 0 Å². The summed E-state index contributed by atoms with van der Waals surface area (Å²) < 4.78 is 80.1. The van der Waals surface area contributed by atoms with Gasteiger partial charge in [0.25, 0.3) is 11.8 Å². The molecule has 0 bridgehead atoms. The van der Waals surface area contributed by atoms with Gasteiger partial charge in [-0.1, -0.05) is 40.9 Å². The van der Waals surface area contributed by atoms with Crippen LogP contribution in [0.25, 0.3) is 5.83 Å². The number of allylic oxidation sites excluding steroid dienone is 1. The zero-order valence-corrected chi connectivity index (χ0v) is 20.9. The molecule has 0 saturated carbocycles. The lowest BCUT2D eigenvalue weighted by atomic mass is 9.91. The number of aryl methyl sites for hydroxylation is 1. The molecule has 0 aliphatic rings. The third kappa shape index (κ3) is 8.31. The average Bonchev–Trinajstić information content (AvgIpc) is 2.76. The number of rotatable bonds is 8. The van der Waals surface area contributed by atoms with Gasteiger partial charge in [0.15, 0.2) is 0 Å². The number of benzene rings is 2. The SMILES string of the molecule is Cc1cc(/C(F)=C/C(c2cc(Cl)c(Cl)c(Cl)c2)C(C)(F)F)ccc1C(=O)NCC(=O)NCC(F)(F)F. The van der Waals surface area contributed by atoms with E-state index < -0.39 is 48.7 Å². The second-order valence-electron chi connectivity index (χ2n) is 7.85. The summed E-state index contributed by atoms with van der Waals surface area (Å²) >= 11 is 17.7. The average molecular weight is 576 g/mol. The molecule has 0 aliphatic heterocycles. The first-order valence-corrected chi connectivity index (χ1v) is 11.2. The third-order valence-corrected chi connectivity index (χ3v) is 6.06. The molecule has 2 N–H and O–H groups in total. The minimum absolute atomic E-state index is 0.00353. The van der Waals surface area contributed by atoms with Gasteiger partial charge in [0.05, 0.1) is 27.5 Å². The number of halogens is 9. The van der Waals surface area contributed by atoms with E-state index in [1.807, 2.05) is 0 Å². The molecule has 1 atom stereocenters. The van der Waals surface area contributed by atoms with Crippen molar-refractivity contribution in [3.63, 3.8) is 0 Å². The summed E-state index contributed by atoms with van der Waals surface area (Å²) in [5, 5.41) is 3.55. The van der Waals surface area contributed by atoms with Crippen molar-refractivity contribution in [3.8, 4) is 0 Å². The Balaban J connectivity index is 2.23. The van der Waals surface area contributed by atoms with Gasteiger partial charge in [-0.05, 0) is 48.4 Å². The summed E-state index contributed by atoms with van der Waals surface area (Å²) in [4.78, 5) is 23.7. The Morgan fingerprint density at radius 2 is 1.58 bits per heavy atom. The number of nitrogens with one attached hydrogen (secondary N) is 2. The number of carbonyl (C=O) groups is 2. The van der Waals surface area contributed by atoms with Crippen LogP contribution in [0.3, 0.4) is 0 Å². The van der Waals surface area contributed by atoms with Gasteiger partial charge in [-0.2, -0.15) is 13.2 Å². The van der Waals surface area contributed by atoms with Gasteiger partial charge in [0.2, 0.25) is 5.91 Å². The maximum atomic E-state index is 15.0. The number of alkyl halides is 5. The molecule has 196 valence electrons. The molecule has 2 amide bonds. The number of hydrogen-bond acceptors (Lipinski definition) is 2. The predicted molar refractivity (Wildman–Crippen MR) is 126 cm³/mol. The Morgan fingerprint density at radius 3 is 2.08 bits per heavy atom. The van der Waals surface area contributed by atoms with E-state index in [9.17, 15) is 31.5 Å². The van der Waals surface area contributed by atoms with Crippen molar-refractivity contribution < 1.29 is 35.9 Å². The first-order valence-electron chi connectivity index (χ1n) is 10.1. The van der Waals surface area contributed by atoms with E-state index in [1.165, 1.54) is 19.1 Å². The number of carbonyl (C=O) groups excluding carboxylic acids is 2. The van der Waals surface area contributed by atoms with Crippen LogP contribution in [0.4, 0.5) is 26.3 Å². The highest BCUT2D eigenvalue weighted by Gasteiger charge is 2.35. The van der Waals surface area contributed by atoms with Gasteiger partial charge >= 0.3 is 6.18 Å². The lowest BCUT2D eigenvalue weighted by Crippen LogP contribution is -2.41. The highest BCUT2D eigenvalue weighted by molar-refractivity contribution is 6.48. The van der Waals surface area contributed by atoms with Gasteiger partial charge in [-0.25, -0.2) is 13.2 Å². The van der Waals surface area contributed by atoms with Crippen molar-refractivity contribution in [1.29, 1.82) is 0 Å². The van der Waals surface area contributed by atoms with Crippen molar-refractivity contribution >= 4 is 52.4 Å². The Kier molecular flexibility index (Phi) is 9.72. The van der Waals surface area contributed by atoms with Crippen LogP contribution < -0.4 is 10.6 Å². The predicted octanol–water partition coefficient (Wildman–Crippen LogP) is 7.11. The monoisotopic (exact) mass is 574 g/mol. The fraction of sp³-hybridized carbons (Fsp3) is 0.304. The van der Waals surface area contributed by atoms with Gasteiger partial charge < -0.3 is 10.6 Å². The minimum Gasteiger partial charge on any atom is -0.345 e. The smallest absolute Gasteiger partial charge is 0.345 e. The largest absolute Gasteiger partial charge is 0.405 e. The fourth-order valence-corrected chi connectivity index (χ4v) is 3.73. The molecular formula is C23H19Cl3F6N2O2. The Morgan fingerprint density at radius 1 is 1.00 bits per heavy atom. The van der Waals surface area contributed by atoms with Gasteiger partial charge in [0.1, 0.15) is 12.4 Å². The lowest BCUT2D eigenvalue weighted by Gasteiger charge is -2.22. The second kappa shape index (κ2) is 11.7. The fourth-order valence-electron chi connectivity index (χ4n) is 3.12. The molecule has 0 fully saturated rings. The third-order valence-electron chi connectivity index (χ3n) is 4.87. The van der Waals surface area contributed by atoms with Crippen molar-refractivity contribution in [2.24, 2.45) is 0 Å². The number of amides is 2. The quantitative estimate of drug-likeness (QED) is 0.260. The van der Waals surface area contributed by atoms with Crippen molar-refractivity contribution in [2.75, 3.05) is 13.1 Å². The Bertz CT molecular complexity index is 1160. The van der Waals surface area contributed by atoms with Crippen LogP contribution in [0, 0.1) is 6.92 Å². The molecule has 0 saturated heterocycles. The van der Waals surface area contributed by atoms with E-state index in [1.54, 1.807) is 5.32 Å². The molecule has 0 aliphatic carbocycles. The van der Waals surface area contributed by atoms with Crippen molar-refractivity contribution in [2.45, 2.75) is 31.9 Å². The zero-order chi connectivity index (χ0) is 27.4. The van der Waals surface area contributed by atoms with E-state index in [0.29, 0.717) is 13.0 Å². The molecule has 0 aromatic heterocycles. The van der Waals surface area contributed by atoms with Crippen LogP contribution in [-0.4, -0.2) is 37.0 Å². The molecule has 0 spiro atoms. The Labute approximate surface area is 217 Å². The van der Waals surface area contributed by atoms with Crippen LogP contribution in [-0.2, 0) is 4.79 Å². The maximum absolute atomic E-state index is 15.0. The summed E-state index contributed by atoms with van der Waals surface area (Å²) in [6, 6.07) is 5.88. The molecule has 0 heterocycles. The molecule has 0 radical (unpaired) electrons. The molecule has 13 heteroatoms. The van der Waals surface area contributed by atoms with Crippen LogP contribution in [0.1, 0.15) is 39.9 Å². The molecule has 36 heavy (non-hydrogen) atoms. The van der Waals surface area contributed by atoms with E-state index in [-0.39, 0.29) is 37.3 Å². The lowest BCUT2D eigenvalue weighted by molar-refractivity contribution is -0.137. The van der Waals surface area contributed by atoms with Crippen LogP contribution in [0.15, 0.2) is 36.4 Å². The summed E-state index contributed by atoms with van der Waals surface area (Å²) in [5.74, 6) is -8.06. The molecule has 2 aromatic carbocycles. The molecule has 1 unspecified atom stereocenters. The van der Waals surface area contributed by atoms with E-state index in [4.69, 9.17) is 34.8 Å². The molecule has 4 nitrogen and oxygen atoms in total. The van der Waals surface area contributed by atoms with E-state index >= 15 is 4.39 Å². The number of hydrogen-bond donors (Lipinski definition) is 2. The van der Waals surface area contributed by atoms with Gasteiger partial charge in [-0.3, -0.25) is 9.59 Å². The minimum atomic E-state index is -4.60. The summed E-state index contributed by atoms with van der Waals surface area (Å²) in [7, 11) is 0. The maximum Gasteiger partial charge on any atom is 0.405 e. The molecular weight excluding hydrogens is 557 g/mol. The van der Waals surface area contributed by atoms with Crippen molar-refractivity contribution in [1.82, 2.24) is 10.6 Å². The summed E-state index contributed by atoms with van der Waals surface area (Å²) in [6.45, 7) is -0.238. The van der Waals surface area contributed by atoms with E-state index in [0.717, 1.165) is 18.2 Å².